The second-order valence-electron chi connectivity index (χ2n) is 3.07. The molecule has 2 rings (SSSR count). The maximum Gasteiger partial charge on any atom is 0.0974 e. The highest BCUT2D eigenvalue weighted by atomic mass is 35.5. The second-order valence-corrected chi connectivity index (χ2v) is 4.34. The quantitative estimate of drug-likeness (QED) is 0.755. The van der Waals surface area contributed by atoms with Crippen molar-refractivity contribution in [3.63, 3.8) is 0 Å². The van der Waals surface area contributed by atoms with Crippen molar-refractivity contribution < 1.29 is 0 Å². The SMILES string of the molecule is Cc1ccsc1Cn1cc(CCl)nn1. The van der Waals surface area contributed by atoms with Crippen LogP contribution in [-0.2, 0) is 12.4 Å². The predicted octanol–water partition coefficient (Wildman–Crippen LogP) is 2.44. The summed E-state index contributed by atoms with van der Waals surface area (Å²) in [6.45, 7) is 2.89. The molecule has 0 atom stereocenters. The van der Waals surface area contributed by atoms with Crippen LogP contribution in [0.25, 0.3) is 0 Å². The van der Waals surface area contributed by atoms with E-state index in [1.807, 2.05) is 10.9 Å². The summed E-state index contributed by atoms with van der Waals surface area (Å²) in [6.07, 6.45) is 1.88. The minimum absolute atomic E-state index is 0.420. The van der Waals surface area contributed by atoms with Gasteiger partial charge in [0.05, 0.1) is 24.3 Å². The van der Waals surface area contributed by atoms with Crippen molar-refractivity contribution >= 4 is 22.9 Å². The smallest absolute Gasteiger partial charge is 0.0974 e. The average molecular weight is 228 g/mol. The molecule has 0 spiro atoms. The number of rotatable bonds is 3. The molecule has 3 nitrogen and oxygen atoms in total. The van der Waals surface area contributed by atoms with Crippen LogP contribution in [0.1, 0.15) is 16.1 Å². The summed E-state index contributed by atoms with van der Waals surface area (Å²) in [4.78, 5) is 1.32. The first-order valence-corrected chi connectivity index (χ1v) is 5.69. The Morgan fingerprint density at radius 2 is 2.43 bits per heavy atom. The van der Waals surface area contributed by atoms with Crippen molar-refractivity contribution in [1.29, 1.82) is 0 Å². The number of nitrogens with zero attached hydrogens (tertiary/aromatic N) is 3. The van der Waals surface area contributed by atoms with E-state index in [4.69, 9.17) is 11.6 Å². The number of halogens is 1. The monoisotopic (exact) mass is 227 g/mol. The van der Waals surface area contributed by atoms with Gasteiger partial charge in [0.25, 0.3) is 0 Å². The molecule has 0 bridgehead atoms. The first-order chi connectivity index (χ1) is 6.79. The third-order valence-corrected chi connectivity index (χ3v) is 3.28. The summed E-state index contributed by atoms with van der Waals surface area (Å²) in [7, 11) is 0. The summed E-state index contributed by atoms with van der Waals surface area (Å²) < 4.78 is 1.82. The van der Waals surface area contributed by atoms with Gasteiger partial charge in [0.15, 0.2) is 0 Å². The van der Waals surface area contributed by atoms with Crippen LogP contribution in [-0.4, -0.2) is 15.0 Å². The summed E-state index contributed by atoms with van der Waals surface area (Å²) >= 11 is 7.38. The summed E-state index contributed by atoms with van der Waals surface area (Å²) in [5.74, 6) is 0.420. The largest absolute Gasteiger partial charge is 0.247 e. The molecule has 0 radical (unpaired) electrons. The minimum Gasteiger partial charge on any atom is -0.247 e. The lowest BCUT2D eigenvalue weighted by Crippen LogP contribution is -1.99. The Kier molecular flexibility index (Phi) is 2.84. The van der Waals surface area contributed by atoms with Crippen LogP contribution in [0.4, 0.5) is 0 Å². The lowest BCUT2D eigenvalue weighted by Gasteiger charge is -1.97. The van der Waals surface area contributed by atoms with E-state index in [9.17, 15) is 0 Å². The van der Waals surface area contributed by atoms with Crippen molar-refractivity contribution in [1.82, 2.24) is 15.0 Å². The topological polar surface area (TPSA) is 30.7 Å². The van der Waals surface area contributed by atoms with Crippen LogP contribution in [0.2, 0.25) is 0 Å². The van der Waals surface area contributed by atoms with Crippen LogP contribution in [0.5, 0.6) is 0 Å². The highest BCUT2D eigenvalue weighted by molar-refractivity contribution is 7.10. The Balaban J connectivity index is 2.15. The number of hydrogen-bond acceptors (Lipinski definition) is 3. The molecular weight excluding hydrogens is 218 g/mol. The lowest BCUT2D eigenvalue weighted by atomic mass is 10.3. The lowest BCUT2D eigenvalue weighted by molar-refractivity contribution is 0.654. The van der Waals surface area contributed by atoms with Gasteiger partial charge in [-0.25, -0.2) is 4.68 Å². The summed E-state index contributed by atoms with van der Waals surface area (Å²) in [6, 6.07) is 2.11. The fourth-order valence-corrected chi connectivity index (χ4v) is 2.21. The van der Waals surface area contributed by atoms with Crippen LogP contribution in [0.3, 0.4) is 0 Å². The van der Waals surface area contributed by atoms with Crippen LogP contribution >= 0.6 is 22.9 Å². The molecule has 74 valence electrons. The predicted molar refractivity (Wildman–Crippen MR) is 57.7 cm³/mol. The van der Waals surface area contributed by atoms with Gasteiger partial charge in [-0.05, 0) is 23.9 Å². The standard InChI is InChI=1S/C9H10ClN3S/c1-7-2-3-14-9(7)6-13-5-8(4-10)11-12-13/h2-3,5H,4,6H2,1H3. The van der Waals surface area contributed by atoms with E-state index in [0.717, 1.165) is 12.2 Å². The Morgan fingerprint density at radius 1 is 1.57 bits per heavy atom. The van der Waals surface area contributed by atoms with E-state index in [1.54, 1.807) is 11.3 Å². The van der Waals surface area contributed by atoms with Crippen molar-refractivity contribution in [2.75, 3.05) is 0 Å². The zero-order chi connectivity index (χ0) is 9.97. The molecule has 5 heteroatoms. The highest BCUT2D eigenvalue weighted by Crippen LogP contribution is 2.16. The van der Waals surface area contributed by atoms with Gasteiger partial charge >= 0.3 is 0 Å². The van der Waals surface area contributed by atoms with Crippen molar-refractivity contribution in [3.05, 3.63) is 33.8 Å². The molecule has 0 aromatic carbocycles. The van der Waals surface area contributed by atoms with E-state index in [1.165, 1.54) is 10.4 Å². The van der Waals surface area contributed by atoms with Gasteiger partial charge in [-0.1, -0.05) is 5.21 Å². The molecule has 2 aromatic rings. The average Bonchev–Trinajstić information content (AvgIpc) is 2.77. The highest BCUT2D eigenvalue weighted by Gasteiger charge is 2.03. The maximum atomic E-state index is 5.64. The zero-order valence-electron chi connectivity index (χ0n) is 7.77. The van der Waals surface area contributed by atoms with Gasteiger partial charge in [-0.15, -0.1) is 28.0 Å². The third-order valence-electron chi connectivity index (χ3n) is 2.00. The van der Waals surface area contributed by atoms with E-state index >= 15 is 0 Å². The van der Waals surface area contributed by atoms with E-state index in [-0.39, 0.29) is 0 Å². The van der Waals surface area contributed by atoms with Gasteiger partial charge in [0, 0.05) is 4.88 Å². The van der Waals surface area contributed by atoms with Gasteiger partial charge < -0.3 is 0 Å². The number of aromatic nitrogens is 3. The van der Waals surface area contributed by atoms with Crippen molar-refractivity contribution in [3.8, 4) is 0 Å². The molecule has 0 aliphatic rings. The molecule has 0 saturated carbocycles. The fraction of sp³-hybridized carbons (Fsp3) is 0.333. The van der Waals surface area contributed by atoms with Crippen LogP contribution < -0.4 is 0 Å². The minimum atomic E-state index is 0.420. The summed E-state index contributed by atoms with van der Waals surface area (Å²) in [5, 5.41) is 10.0. The van der Waals surface area contributed by atoms with Crippen LogP contribution in [0, 0.1) is 6.92 Å². The molecule has 0 N–H and O–H groups in total. The number of aryl methyl sites for hydroxylation is 1. The molecule has 2 heterocycles. The van der Waals surface area contributed by atoms with Gasteiger partial charge in [0.1, 0.15) is 0 Å². The van der Waals surface area contributed by atoms with Crippen LogP contribution in [0.15, 0.2) is 17.6 Å². The van der Waals surface area contributed by atoms with E-state index in [0.29, 0.717) is 5.88 Å². The second kappa shape index (κ2) is 4.11. The molecule has 0 saturated heterocycles. The van der Waals surface area contributed by atoms with E-state index in [2.05, 4.69) is 28.7 Å². The van der Waals surface area contributed by atoms with Gasteiger partial charge in [-0.3, -0.25) is 0 Å². The molecule has 0 aliphatic heterocycles. The molecule has 0 fully saturated rings. The van der Waals surface area contributed by atoms with Crippen molar-refractivity contribution in [2.24, 2.45) is 0 Å². The Hall–Kier alpha value is -0.870. The molecule has 0 unspecified atom stereocenters. The molecule has 0 aliphatic carbocycles. The fourth-order valence-electron chi connectivity index (χ4n) is 1.19. The molecule has 14 heavy (non-hydrogen) atoms. The first-order valence-electron chi connectivity index (χ1n) is 4.27. The first kappa shape index (κ1) is 9.68. The number of alkyl halides is 1. The normalized spacial score (nSPS) is 10.7. The molecule has 2 aromatic heterocycles. The maximum absolute atomic E-state index is 5.64. The Bertz CT molecular complexity index is 421. The zero-order valence-corrected chi connectivity index (χ0v) is 9.35. The van der Waals surface area contributed by atoms with Gasteiger partial charge in [-0.2, -0.15) is 0 Å². The Morgan fingerprint density at radius 3 is 3.00 bits per heavy atom. The third kappa shape index (κ3) is 1.96. The Labute approximate surface area is 91.3 Å². The number of hydrogen-bond donors (Lipinski definition) is 0. The van der Waals surface area contributed by atoms with Crippen molar-refractivity contribution in [2.45, 2.75) is 19.3 Å². The molecular formula is C9H10ClN3S. The molecule has 0 amide bonds. The van der Waals surface area contributed by atoms with Gasteiger partial charge in [0.2, 0.25) is 0 Å². The number of thiophene rings is 1. The summed E-state index contributed by atoms with van der Waals surface area (Å²) in [5.41, 5.74) is 2.12. The van der Waals surface area contributed by atoms with E-state index < -0.39 is 0 Å².